The van der Waals surface area contributed by atoms with Crippen molar-refractivity contribution in [2.45, 2.75) is 6.61 Å². The molecule has 0 bridgehead atoms. The van der Waals surface area contributed by atoms with Crippen LogP contribution in [0.1, 0.15) is 10.4 Å². The molecule has 5 nitrogen and oxygen atoms in total. The first-order chi connectivity index (χ1) is 12.1. The quantitative estimate of drug-likeness (QED) is 0.781. The van der Waals surface area contributed by atoms with Gasteiger partial charge < -0.3 is 14.5 Å². The van der Waals surface area contributed by atoms with Gasteiger partial charge in [0.1, 0.15) is 5.75 Å². The number of carbonyl (C=O) groups is 2. The maximum Gasteiger partial charge on any atom is 0.387 e. The van der Waals surface area contributed by atoms with Crippen LogP contribution in [0.5, 0.6) is 5.75 Å². The van der Waals surface area contributed by atoms with E-state index >= 15 is 0 Å². The summed E-state index contributed by atoms with van der Waals surface area (Å²) in [5.41, 5.74) is 1.42. The number of hydrogen-bond acceptors (Lipinski definition) is 4. The molecule has 1 fully saturated rings. The van der Waals surface area contributed by atoms with Crippen LogP contribution < -0.4 is 14.5 Å². The highest BCUT2D eigenvalue weighted by Crippen LogP contribution is 2.28. The van der Waals surface area contributed by atoms with E-state index in [1.165, 1.54) is 12.1 Å². The van der Waals surface area contributed by atoms with E-state index in [-0.39, 0.29) is 23.8 Å². The average Bonchev–Trinajstić information content (AvgIpc) is 2.62. The second-order valence-electron chi connectivity index (χ2n) is 5.52. The summed E-state index contributed by atoms with van der Waals surface area (Å²) in [6.45, 7) is -1.90. The van der Waals surface area contributed by atoms with E-state index in [0.717, 1.165) is 5.69 Å². The number of piperazine rings is 1. The number of amides is 1. The lowest BCUT2D eigenvalue weighted by Crippen LogP contribution is -2.50. The van der Waals surface area contributed by atoms with Crippen molar-refractivity contribution >= 4 is 23.6 Å². The minimum Gasteiger partial charge on any atom is -0.434 e. The fourth-order valence-electron chi connectivity index (χ4n) is 2.79. The molecule has 130 valence electrons. The molecule has 1 heterocycles. The normalized spacial score (nSPS) is 14.8. The molecule has 25 heavy (non-hydrogen) atoms. The Labute approximate surface area is 143 Å². The van der Waals surface area contributed by atoms with Gasteiger partial charge in [-0.05, 0) is 24.3 Å². The first-order valence-electron chi connectivity index (χ1n) is 7.73. The van der Waals surface area contributed by atoms with E-state index in [9.17, 15) is 18.4 Å². The van der Waals surface area contributed by atoms with E-state index in [1.807, 2.05) is 30.3 Å². The van der Waals surface area contributed by atoms with Crippen molar-refractivity contribution < 1.29 is 23.1 Å². The number of aldehydes is 1. The highest BCUT2D eigenvalue weighted by atomic mass is 19.3. The lowest BCUT2D eigenvalue weighted by Gasteiger charge is -2.35. The Kier molecular flexibility index (Phi) is 4.92. The molecule has 0 spiro atoms. The molecule has 0 aromatic heterocycles. The van der Waals surface area contributed by atoms with Gasteiger partial charge in [0.15, 0.2) is 6.29 Å². The van der Waals surface area contributed by atoms with E-state index in [1.54, 1.807) is 15.9 Å². The number of anilines is 2. The van der Waals surface area contributed by atoms with Crippen LogP contribution in [0.15, 0.2) is 48.5 Å². The Morgan fingerprint density at radius 3 is 2.44 bits per heavy atom. The van der Waals surface area contributed by atoms with Crippen LogP contribution >= 0.6 is 0 Å². The summed E-state index contributed by atoms with van der Waals surface area (Å²) in [6, 6.07) is 13.7. The monoisotopic (exact) mass is 346 g/mol. The molecule has 0 atom stereocenters. The van der Waals surface area contributed by atoms with Gasteiger partial charge in [-0.25, -0.2) is 0 Å². The maximum atomic E-state index is 12.5. The van der Waals surface area contributed by atoms with Crippen LogP contribution in [-0.2, 0) is 4.79 Å². The predicted octanol–water partition coefficient (Wildman–Crippen LogP) is 2.95. The molecule has 0 radical (unpaired) electrons. The van der Waals surface area contributed by atoms with E-state index in [0.29, 0.717) is 25.1 Å². The van der Waals surface area contributed by atoms with Crippen molar-refractivity contribution in [2.75, 3.05) is 29.4 Å². The summed E-state index contributed by atoms with van der Waals surface area (Å²) in [5.74, 6) is -0.284. The molecule has 1 aliphatic rings. The predicted molar refractivity (Wildman–Crippen MR) is 89.5 cm³/mol. The number of para-hydroxylation sites is 1. The SMILES string of the molecule is O=Cc1ccc(N2CCN(c3ccccc3)C(=O)C2)cc1OC(F)F. The highest BCUT2D eigenvalue weighted by molar-refractivity contribution is 5.97. The minimum absolute atomic E-state index is 0.0401. The molecule has 2 aromatic rings. The number of hydrogen-bond donors (Lipinski definition) is 0. The van der Waals surface area contributed by atoms with Crippen molar-refractivity contribution in [3.05, 3.63) is 54.1 Å². The Morgan fingerprint density at radius 2 is 1.80 bits per heavy atom. The number of nitrogens with zero attached hydrogens (tertiary/aromatic N) is 2. The molecule has 0 aliphatic carbocycles. The Balaban J connectivity index is 1.78. The number of halogens is 2. The van der Waals surface area contributed by atoms with Crippen LogP contribution in [0.3, 0.4) is 0 Å². The van der Waals surface area contributed by atoms with Crippen molar-refractivity contribution in [3.8, 4) is 5.75 Å². The number of carbonyl (C=O) groups excluding carboxylic acids is 2. The Hall–Kier alpha value is -2.96. The van der Waals surface area contributed by atoms with Crippen molar-refractivity contribution in [2.24, 2.45) is 0 Å². The lowest BCUT2D eigenvalue weighted by atomic mass is 10.1. The van der Waals surface area contributed by atoms with Crippen molar-refractivity contribution in [1.29, 1.82) is 0 Å². The molecule has 1 amide bonds. The smallest absolute Gasteiger partial charge is 0.387 e. The molecule has 7 heteroatoms. The fourth-order valence-corrected chi connectivity index (χ4v) is 2.79. The van der Waals surface area contributed by atoms with Crippen LogP contribution in [0.4, 0.5) is 20.2 Å². The fraction of sp³-hybridized carbons (Fsp3) is 0.222. The van der Waals surface area contributed by atoms with Crippen LogP contribution in [-0.4, -0.2) is 38.4 Å². The lowest BCUT2D eigenvalue weighted by molar-refractivity contribution is -0.117. The van der Waals surface area contributed by atoms with Gasteiger partial charge in [0, 0.05) is 30.5 Å². The number of ether oxygens (including phenoxy) is 1. The summed E-state index contributed by atoms with van der Waals surface area (Å²) in [5, 5.41) is 0. The largest absolute Gasteiger partial charge is 0.434 e. The molecule has 0 unspecified atom stereocenters. The van der Waals surface area contributed by atoms with Gasteiger partial charge in [0.25, 0.3) is 0 Å². The second kappa shape index (κ2) is 7.29. The molecule has 1 saturated heterocycles. The summed E-state index contributed by atoms with van der Waals surface area (Å²) in [4.78, 5) is 26.8. The molecule has 0 saturated carbocycles. The topological polar surface area (TPSA) is 49.9 Å². The third kappa shape index (κ3) is 3.76. The zero-order valence-corrected chi connectivity index (χ0v) is 13.3. The van der Waals surface area contributed by atoms with Gasteiger partial charge in [0.05, 0.1) is 12.1 Å². The molecule has 0 N–H and O–H groups in total. The zero-order chi connectivity index (χ0) is 17.8. The number of alkyl halides is 2. The average molecular weight is 346 g/mol. The summed E-state index contributed by atoms with van der Waals surface area (Å²) in [7, 11) is 0. The molecule has 1 aliphatic heterocycles. The van der Waals surface area contributed by atoms with Gasteiger partial charge in [0.2, 0.25) is 5.91 Å². The van der Waals surface area contributed by atoms with Gasteiger partial charge in [-0.2, -0.15) is 8.78 Å². The molecular weight excluding hydrogens is 330 g/mol. The van der Waals surface area contributed by atoms with Crippen molar-refractivity contribution in [1.82, 2.24) is 0 Å². The van der Waals surface area contributed by atoms with Gasteiger partial charge in [-0.15, -0.1) is 0 Å². The van der Waals surface area contributed by atoms with Gasteiger partial charge in [-0.3, -0.25) is 9.59 Å². The van der Waals surface area contributed by atoms with E-state index in [4.69, 9.17) is 0 Å². The Bertz CT molecular complexity index is 768. The second-order valence-corrected chi connectivity index (χ2v) is 5.52. The Morgan fingerprint density at radius 1 is 1.04 bits per heavy atom. The van der Waals surface area contributed by atoms with Crippen LogP contribution in [0.2, 0.25) is 0 Å². The summed E-state index contributed by atoms with van der Waals surface area (Å²) < 4.78 is 29.4. The molecule has 3 rings (SSSR count). The minimum atomic E-state index is -3.02. The zero-order valence-electron chi connectivity index (χ0n) is 13.3. The highest BCUT2D eigenvalue weighted by Gasteiger charge is 2.25. The first-order valence-corrected chi connectivity index (χ1v) is 7.73. The summed E-state index contributed by atoms with van der Waals surface area (Å²) >= 11 is 0. The third-order valence-corrected chi connectivity index (χ3v) is 3.99. The van der Waals surface area contributed by atoms with E-state index in [2.05, 4.69) is 4.74 Å². The maximum absolute atomic E-state index is 12.5. The standard InChI is InChI=1S/C18H16F2N2O3/c19-18(20)25-16-10-15(7-6-13(16)12-23)21-8-9-22(17(24)11-21)14-4-2-1-3-5-14/h1-7,10,12,18H,8-9,11H2. The van der Waals surface area contributed by atoms with Crippen molar-refractivity contribution in [3.63, 3.8) is 0 Å². The molecular formula is C18H16F2N2O3. The number of benzene rings is 2. The first kappa shape index (κ1) is 16.9. The third-order valence-electron chi connectivity index (χ3n) is 3.99. The van der Waals surface area contributed by atoms with Gasteiger partial charge >= 0.3 is 6.61 Å². The van der Waals surface area contributed by atoms with Crippen LogP contribution in [0, 0.1) is 0 Å². The summed E-state index contributed by atoms with van der Waals surface area (Å²) in [6.07, 6.45) is 0.458. The van der Waals surface area contributed by atoms with Gasteiger partial charge in [-0.1, -0.05) is 18.2 Å². The number of rotatable bonds is 5. The molecule has 2 aromatic carbocycles. The van der Waals surface area contributed by atoms with Crippen LogP contribution in [0.25, 0.3) is 0 Å². The van der Waals surface area contributed by atoms with E-state index < -0.39 is 6.61 Å².